The summed E-state index contributed by atoms with van der Waals surface area (Å²) in [4.78, 5) is 0. The first-order chi connectivity index (χ1) is 6.39. The summed E-state index contributed by atoms with van der Waals surface area (Å²) in [5, 5.41) is 11.6. The van der Waals surface area contributed by atoms with Crippen molar-refractivity contribution in [2.24, 2.45) is 0 Å². The highest BCUT2D eigenvalue weighted by molar-refractivity contribution is 14.1. The molecule has 0 heterocycles. The molecule has 0 fully saturated rings. The molecule has 0 saturated heterocycles. The molecule has 2 nitrogen and oxygen atoms in total. The lowest BCUT2D eigenvalue weighted by molar-refractivity contribution is -0.530. The van der Waals surface area contributed by atoms with Gasteiger partial charge >= 0.3 is 0 Å². The van der Waals surface area contributed by atoms with Crippen molar-refractivity contribution in [1.82, 2.24) is 0 Å². The fraction of sp³-hybridized carbons (Fsp3) is 0.364. The molecular weight excluding hydrogens is 289 g/mol. The molecule has 0 aliphatic heterocycles. The van der Waals surface area contributed by atoms with Crippen molar-refractivity contribution in [3.8, 4) is 0 Å². The van der Waals surface area contributed by atoms with Gasteiger partial charge in [0, 0.05) is 29.9 Å². The van der Waals surface area contributed by atoms with E-state index in [1.807, 2.05) is 45.0 Å². The predicted octanol–water partition coefficient (Wildman–Crippen LogP) is 3.02. The lowest BCUT2D eigenvalue weighted by atomic mass is 10.1. The smallest absolute Gasteiger partial charge is 0.182 e. The number of benzene rings is 1. The molecule has 0 aliphatic carbocycles. The summed E-state index contributed by atoms with van der Waals surface area (Å²) in [7, 11) is 0. The molecule has 0 spiro atoms. The average molecular weight is 303 g/mol. The summed E-state index contributed by atoms with van der Waals surface area (Å²) >= 11 is 2.24. The first-order valence-corrected chi connectivity index (χ1v) is 5.54. The van der Waals surface area contributed by atoms with Gasteiger partial charge in [-0.05, 0) is 46.9 Å². The molecule has 1 aromatic rings. The van der Waals surface area contributed by atoms with Crippen LogP contribution in [-0.2, 0) is 0 Å². The van der Waals surface area contributed by atoms with Crippen LogP contribution in [0, 0.1) is 8.78 Å². The number of hydrogen-bond donors (Lipinski definition) is 0. The standard InChI is InChI=1S/C11H14INO/c1-11(2,3)13(14)8-9-4-6-10(12)7-5-9/h4-8H,1-3H3/b13-8+. The van der Waals surface area contributed by atoms with E-state index in [0.29, 0.717) is 0 Å². The molecular formula is C11H14INO. The Hall–Kier alpha value is -0.580. The first kappa shape index (κ1) is 11.5. The SMILES string of the molecule is CC(C)(C)/[N+]([O-])=C\c1ccc(I)cc1. The van der Waals surface area contributed by atoms with Crippen LogP contribution in [0.2, 0.25) is 0 Å². The third-order valence-corrected chi connectivity index (χ3v) is 2.52. The summed E-state index contributed by atoms with van der Waals surface area (Å²) in [6.45, 7) is 5.68. The number of nitrogens with zero attached hydrogens (tertiary/aromatic N) is 1. The Morgan fingerprint density at radius 2 is 1.71 bits per heavy atom. The van der Waals surface area contributed by atoms with Crippen molar-refractivity contribution < 1.29 is 4.74 Å². The molecule has 0 saturated carbocycles. The Bertz CT molecular complexity index is 335. The minimum Gasteiger partial charge on any atom is -0.623 e. The molecule has 0 bridgehead atoms. The molecule has 0 N–H and O–H groups in total. The summed E-state index contributed by atoms with van der Waals surface area (Å²) in [5.41, 5.74) is 0.568. The van der Waals surface area contributed by atoms with Crippen LogP contribution in [0.1, 0.15) is 26.3 Å². The van der Waals surface area contributed by atoms with E-state index in [1.54, 1.807) is 6.21 Å². The number of hydrogen-bond acceptors (Lipinski definition) is 1. The van der Waals surface area contributed by atoms with E-state index < -0.39 is 0 Å². The van der Waals surface area contributed by atoms with Gasteiger partial charge in [0.05, 0.1) is 0 Å². The minimum atomic E-state index is -0.372. The average Bonchev–Trinajstić information content (AvgIpc) is 2.07. The van der Waals surface area contributed by atoms with Gasteiger partial charge in [-0.15, -0.1) is 0 Å². The molecule has 0 unspecified atom stereocenters. The van der Waals surface area contributed by atoms with Crippen molar-refractivity contribution in [2.75, 3.05) is 0 Å². The zero-order chi connectivity index (χ0) is 10.8. The monoisotopic (exact) mass is 303 g/mol. The number of rotatable bonds is 1. The van der Waals surface area contributed by atoms with Gasteiger partial charge in [0.25, 0.3) is 0 Å². The largest absolute Gasteiger partial charge is 0.623 e. The zero-order valence-electron chi connectivity index (χ0n) is 8.62. The zero-order valence-corrected chi connectivity index (χ0v) is 10.8. The van der Waals surface area contributed by atoms with Gasteiger partial charge in [-0.1, -0.05) is 0 Å². The Balaban J connectivity index is 2.93. The lowest BCUT2D eigenvalue weighted by Gasteiger charge is -2.18. The van der Waals surface area contributed by atoms with Gasteiger partial charge < -0.3 is 5.21 Å². The van der Waals surface area contributed by atoms with Crippen LogP contribution in [0.5, 0.6) is 0 Å². The molecule has 1 aromatic carbocycles. The molecule has 0 aromatic heterocycles. The van der Waals surface area contributed by atoms with E-state index >= 15 is 0 Å². The van der Waals surface area contributed by atoms with E-state index in [9.17, 15) is 5.21 Å². The maximum Gasteiger partial charge on any atom is 0.182 e. The predicted molar refractivity (Wildman–Crippen MR) is 67.7 cm³/mol. The fourth-order valence-corrected chi connectivity index (χ4v) is 1.24. The highest BCUT2D eigenvalue weighted by Crippen LogP contribution is 2.08. The Morgan fingerprint density at radius 3 is 2.14 bits per heavy atom. The van der Waals surface area contributed by atoms with E-state index in [-0.39, 0.29) is 5.54 Å². The van der Waals surface area contributed by atoms with Crippen LogP contribution in [-0.4, -0.2) is 16.5 Å². The van der Waals surface area contributed by atoms with Gasteiger partial charge in [0.2, 0.25) is 0 Å². The Morgan fingerprint density at radius 1 is 1.21 bits per heavy atom. The second-order valence-corrected chi connectivity index (χ2v) is 5.42. The molecule has 0 amide bonds. The number of hydroxylamine groups is 1. The summed E-state index contributed by atoms with van der Waals surface area (Å²) in [6, 6.07) is 7.86. The van der Waals surface area contributed by atoms with Crippen molar-refractivity contribution in [1.29, 1.82) is 0 Å². The van der Waals surface area contributed by atoms with Crippen molar-refractivity contribution in [3.05, 3.63) is 38.6 Å². The van der Waals surface area contributed by atoms with Gasteiger partial charge in [-0.3, -0.25) is 0 Å². The van der Waals surface area contributed by atoms with Gasteiger partial charge in [0.1, 0.15) is 0 Å². The van der Waals surface area contributed by atoms with E-state index in [1.165, 1.54) is 3.57 Å². The lowest BCUT2D eigenvalue weighted by Crippen LogP contribution is -2.29. The van der Waals surface area contributed by atoms with E-state index in [2.05, 4.69) is 22.6 Å². The number of halogens is 1. The maximum atomic E-state index is 11.6. The summed E-state index contributed by atoms with van der Waals surface area (Å²) < 4.78 is 2.16. The van der Waals surface area contributed by atoms with Crippen LogP contribution in [0.25, 0.3) is 0 Å². The van der Waals surface area contributed by atoms with Crippen LogP contribution < -0.4 is 0 Å². The van der Waals surface area contributed by atoms with Gasteiger partial charge in [0.15, 0.2) is 11.8 Å². The molecule has 0 radical (unpaired) electrons. The van der Waals surface area contributed by atoms with Crippen LogP contribution in [0.15, 0.2) is 24.3 Å². The molecule has 1 rings (SSSR count). The van der Waals surface area contributed by atoms with Crippen LogP contribution in [0.4, 0.5) is 0 Å². The third-order valence-electron chi connectivity index (χ3n) is 1.80. The molecule has 14 heavy (non-hydrogen) atoms. The van der Waals surface area contributed by atoms with Crippen molar-refractivity contribution >= 4 is 28.8 Å². The molecule has 0 aliphatic rings. The topological polar surface area (TPSA) is 26.1 Å². The van der Waals surface area contributed by atoms with Crippen LogP contribution >= 0.6 is 22.6 Å². The molecule has 0 atom stereocenters. The summed E-state index contributed by atoms with van der Waals surface area (Å²) in [6.07, 6.45) is 1.62. The van der Waals surface area contributed by atoms with Gasteiger partial charge in [-0.2, -0.15) is 0 Å². The maximum absolute atomic E-state index is 11.6. The van der Waals surface area contributed by atoms with E-state index in [4.69, 9.17) is 0 Å². The minimum absolute atomic E-state index is 0.372. The highest BCUT2D eigenvalue weighted by Gasteiger charge is 2.17. The van der Waals surface area contributed by atoms with Crippen molar-refractivity contribution in [2.45, 2.75) is 26.3 Å². The normalized spacial score (nSPS) is 13.0. The third kappa shape index (κ3) is 3.29. The molecule has 3 heteroatoms. The highest BCUT2D eigenvalue weighted by atomic mass is 127. The first-order valence-electron chi connectivity index (χ1n) is 4.46. The summed E-state index contributed by atoms with van der Waals surface area (Å²) in [5.74, 6) is 0. The van der Waals surface area contributed by atoms with Gasteiger partial charge in [-0.25, -0.2) is 4.74 Å². The molecule has 76 valence electrons. The van der Waals surface area contributed by atoms with E-state index in [0.717, 1.165) is 10.3 Å². The quantitative estimate of drug-likeness (QED) is 0.257. The fourth-order valence-electron chi connectivity index (χ4n) is 0.878. The van der Waals surface area contributed by atoms with Crippen molar-refractivity contribution in [3.63, 3.8) is 0 Å². The second kappa shape index (κ2) is 4.29. The second-order valence-electron chi connectivity index (χ2n) is 4.18. The van der Waals surface area contributed by atoms with Crippen LogP contribution in [0.3, 0.4) is 0 Å². The Kier molecular flexibility index (Phi) is 3.53. The Labute approximate surface area is 98.4 Å².